The van der Waals surface area contributed by atoms with Crippen molar-refractivity contribution in [2.24, 2.45) is 5.73 Å². The average molecular weight is 300 g/mol. The van der Waals surface area contributed by atoms with Gasteiger partial charge < -0.3 is 5.73 Å². The van der Waals surface area contributed by atoms with Gasteiger partial charge in [0, 0.05) is 21.9 Å². The molecule has 0 heterocycles. The van der Waals surface area contributed by atoms with E-state index in [9.17, 15) is 4.21 Å². The molecule has 0 aliphatic heterocycles. The van der Waals surface area contributed by atoms with Crippen LogP contribution in [0.2, 0.25) is 5.02 Å². The quantitative estimate of drug-likeness (QED) is 0.926. The number of hydrogen-bond donors (Lipinski definition) is 1. The minimum Gasteiger partial charge on any atom is -0.327 e. The van der Waals surface area contributed by atoms with Gasteiger partial charge in [-0.05, 0) is 24.5 Å². The SMILES string of the molecule is NC1CCCCCCC1S(=O)Cc1ccccc1Cl. The summed E-state index contributed by atoms with van der Waals surface area (Å²) in [5, 5.41) is 0.826. The molecule has 0 bridgehead atoms. The second-order valence-electron chi connectivity index (χ2n) is 5.31. The fourth-order valence-electron chi connectivity index (χ4n) is 2.68. The normalized spacial score (nSPS) is 26.4. The maximum atomic E-state index is 12.6. The molecule has 1 aromatic carbocycles. The Morgan fingerprint density at radius 2 is 1.84 bits per heavy atom. The fraction of sp³-hybridized carbons (Fsp3) is 0.600. The monoisotopic (exact) mass is 299 g/mol. The highest BCUT2D eigenvalue weighted by Gasteiger charge is 2.25. The molecular formula is C15H22ClNOS. The van der Waals surface area contributed by atoms with E-state index in [2.05, 4.69) is 0 Å². The zero-order chi connectivity index (χ0) is 13.7. The predicted octanol–water partition coefficient (Wildman–Crippen LogP) is 3.64. The average Bonchev–Trinajstić information content (AvgIpc) is 2.37. The number of rotatable bonds is 3. The van der Waals surface area contributed by atoms with Crippen molar-refractivity contribution in [2.45, 2.75) is 55.6 Å². The first-order valence-corrected chi connectivity index (χ1v) is 8.80. The van der Waals surface area contributed by atoms with E-state index in [-0.39, 0.29) is 11.3 Å². The summed E-state index contributed by atoms with van der Waals surface area (Å²) in [5.41, 5.74) is 7.18. The Morgan fingerprint density at radius 1 is 1.16 bits per heavy atom. The summed E-state index contributed by atoms with van der Waals surface area (Å²) in [7, 11) is -0.926. The van der Waals surface area contributed by atoms with Crippen LogP contribution in [0.3, 0.4) is 0 Å². The van der Waals surface area contributed by atoms with Crippen molar-refractivity contribution in [3.63, 3.8) is 0 Å². The van der Waals surface area contributed by atoms with Crippen molar-refractivity contribution >= 4 is 22.4 Å². The van der Waals surface area contributed by atoms with Crippen LogP contribution in [0.25, 0.3) is 0 Å². The van der Waals surface area contributed by atoms with Crippen LogP contribution >= 0.6 is 11.6 Å². The van der Waals surface area contributed by atoms with Crippen molar-refractivity contribution in [1.82, 2.24) is 0 Å². The lowest BCUT2D eigenvalue weighted by Crippen LogP contribution is -2.39. The van der Waals surface area contributed by atoms with E-state index < -0.39 is 10.8 Å². The molecule has 1 aliphatic carbocycles. The maximum absolute atomic E-state index is 12.6. The number of benzene rings is 1. The van der Waals surface area contributed by atoms with Crippen molar-refractivity contribution in [3.05, 3.63) is 34.9 Å². The minimum absolute atomic E-state index is 0.0728. The first-order valence-electron chi connectivity index (χ1n) is 7.04. The van der Waals surface area contributed by atoms with Gasteiger partial charge in [-0.3, -0.25) is 4.21 Å². The molecule has 0 amide bonds. The predicted molar refractivity (Wildman–Crippen MR) is 82.8 cm³/mol. The number of hydrogen-bond acceptors (Lipinski definition) is 2. The molecule has 19 heavy (non-hydrogen) atoms. The first-order chi connectivity index (χ1) is 9.18. The molecule has 3 unspecified atom stereocenters. The van der Waals surface area contributed by atoms with Gasteiger partial charge in [0.05, 0.1) is 11.0 Å². The van der Waals surface area contributed by atoms with Crippen LogP contribution in [-0.2, 0) is 16.6 Å². The van der Waals surface area contributed by atoms with Crippen LogP contribution in [-0.4, -0.2) is 15.5 Å². The Morgan fingerprint density at radius 3 is 2.58 bits per heavy atom. The molecule has 0 aromatic heterocycles. The van der Waals surface area contributed by atoms with E-state index in [1.165, 1.54) is 19.3 Å². The summed E-state index contributed by atoms with van der Waals surface area (Å²) in [6.45, 7) is 0. The van der Waals surface area contributed by atoms with Gasteiger partial charge in [-0.1, -0.05) is 55.5 Å². The second kappa shape index (κ2) is 7.41. The van der Waals surface area contributed by atoms with Crippen molar-refractivity contribution in [3.8, 4) is 0 Å². The molecule has 1 saturated carbocycles. The number of halogens is 1. The third-order valence-corrected chi connectivity index (χ3v) is 6.07. The van der Waals surface area contributed by atoms with Crippen LogP contribution in [0.15, 0.2) is 24.3 Å². The Labute approximate surface area is 123 Å². The van der Waals surface area contributed by atoms with Crippen LogP contribution < -0.4 is 5.73 Å². The van der Waals surface area contributed by atoms with Crippen molar-refractivity contribution in [2.75, 3.05) is 0 Å². The van der Waals surface area contributed by atoms with Crippen LogP contribution in [0.1, 0.15) is 44.1 Å². The van der Waals surface area contributed by atoms with Gasteiger partial charge >= 0.3 is 0 Å². The molecule has 106 valence electrons. The second-order valence-corrected chi connectivity index (χ2v) is 7.37. The molecule has 0 spiro atoms. The topological polar surface area (TPSA) is 43.1 Å². The van der Waals surface area contributed by atoms with E-state index in [0.717, 1.165) is 24.8 Å². The lowest BCUT2D eigenvalue weighted by atomic mass is 9.97. The third kappa shape index (κ3) is 4.30. The summed E-state index contributed by atoms with van der Waals surface area (Å²) in [5.74, 6) is 0.526. The molecule has 2 rings (SSSR count). The highest BCUT2D eigenvalue weighted by atomic mass is 35.5. The van der Waals surface area contributed by atoms with E-state index in [4.69, 9.17) is 17.3 Å². The smallest absolute Gasteiger partial charge is 0.0503 e. The summed E-state index contributed by atoms with van der Waals surface area (Å²) in [4.78, 5) is 0. The van der Waals surface area contributed by atoms with Crippen molar-refractivity contribution in [1.29, 1.82) is 0 Å². The van der Waals surface area contributed by atoms with Crippen LogP contribution in [0, 0.1) is 0 Å². The Balaban J connectivity index is 2.03. The molecule has 4 heteroatoms. The van der Waals surface area contributed by atoms with Gasteiger partial charge in [-0.25, -0.2) is 0 Å². The molecule has 1 fully saturated rings. The molecule has 1 aliphatic rings. The van der Waals surface area contributed by atoms with E-state index in [1.807, 2.05) is 24.3 Å². The summed E-state index contributed by atoms with van der Waals surface area (Å²) in [6, 6.07) is 7.72. The van der Waals surface area contributed by atoms with Gasteiger partial charge in [0.15, 0.2) is 0 Å². The Hall–Kier alpha value is -0.380. The van der Waals surface area contributed by atoms with Gasteiger partial charge in [-0.2, -0.15) is 0 Å². The van der Waals surface area contributed by atoms with Gasteiger partial charge in [-0.15, -0.1) is 0 Å². The summed E-state index contributed by atoms with van der Waals surface area (Å²) < 4.78 is 12.6. The first kappa shape index (κ1) is 15.0. The number of nitrogens with two attached hydrogens (primary N) is 1. The largest absolute Gasteiger partial charge is 0.327 e. The Kier molecular flexibility index (Phi) is 5.86. The highest BCUT2D eigenvalue weighted by molar-refractivity contribution is 7.84. The third-order valence-electron chi connectivity index (χ3n) is 3.85. The highest BCUT2D eigenvalue weighted by Crippen LogP contribution is 2.24. The summed E-state index contributed by atoms with van der Waals surface area (Å²) >= 11 is 6.14. The zero-order valence-electron chi connectivity index (χ0n) is 11.2. The fourth-order valence-corrected chi connectivity index (χ4v) is 4.69. The van der Waals surface area contributed by atoms with Crippen molar-refractivity contribution < 1.29 is 4.21 Å². The minimum atomic E-state index is -0.926. The van der Waals surface area contributed by atoms with Crippen LogP contribution in [0.4, 0.5) is 0 Å². The zero-order valence-corrected chi connectivity index (χ0v) is 12.8. The molecule has 0 saturated heterocycles. The molecule has 2 N–H and O–H groups in total. The molecular weight excluding hydrogens is 278 g/mol. The van der Waals surface area contributed by atoms with E-state index in [0.29, 0.717) is 10.8 Å². The van der Waals surface area contributed by atoms with E-state index >= 15 is 0 Å². The maximum Gasteiger partial charge on any atom is 0.0503 e. The molecule has 1 aromatic rings. The van der Waals surface area contributed by atoms with Gasteiger partial charge in [0.25, 0.3) is 0 Å². The molecule has 2 nitrogen and oxygen atoms in total. The standard InChI is InChI=1S/C15H22ClNOS/c16-13-8-6-5-7-12(13)11-19(18)15-10-4-2-1-3-9-14(15)17/h5-8,14-15H,1-4,9-11,17H2. The van der Waals surface area contributed by atoms with Gasteiger partial charge in [0.2, 0.25) is 0 Å². The summed E-state index contributed by atoms with van der Waals surface area (Å²) in [6.07, 6.45) is 6.80. The lowest BCUT2D eigenvalue weighted by Gasteiger charge is -2.25. The van der Waals surface area contributed by atoms with Crippen LogP contribution in [0.5, 0.6) is 0 Å². The van der Waals surface area contributed by atoms with Gasteiger partial charge in [0.1, 0.15) is 0 Å². The lowest BCUT2D eigenvalue weighted by molar-refractivity contribution is 0.456. The van der Waals surface area contributed by atoms with E-state index in [1.54, 1.807) is 0 Å². The Bertz CT molecular complexity index is 438. The molecule has 0 radical (unpaired) electrons. The molecule has 3 atom stereocenters.